The van der Waals surface area contributed by atoms with E-state index in [9.17, 15) is 9.59 Å². The van der Waals surface area contributed by atoms with E-state index in [0.29, 0.717) is 11.6 Å². The van der Waals surface area contributed by atoms with E-state index >= 15 is 0 Å². The molecule has 0 aliphatic carbocycles. The minimum absolute atomic E-state index is 0.0728. The minimum Gasteiger partial charge on any atom is -0.246 e. The van der Waals surface area contributed by atoms with Gasteiger partial charge in [-0.15, -0.1) is 0 Å². The van der Waals surface area contributed by atoms with Crippen molar-refractivity contribution in [3.05, 3.63) is 50.8 Å². The number of hydrogen-bond donors (Lipinski definition) is 1. The third kappa shape index (κ3) is 2.41. The van der Waals surface area contributed by atoms with Gasteiger partial charge in [-0.2, -0.15) is 0 Å². The Kier molecular flexibility index (Phi) is 3.46. The summed E-state index contributed by atoms with van der Waals surface area (Å²) in [5, 5.41) is 2.56. The lowest BCUT2D eigenvalue weighted by Gasteiger charge is -2.06. The molecule has 0 amide bonds. The highest BCUT2D eigenvalue weighted by molar-refractivity contribution is 5.35. The van der Waals surface area contributed by atoms with Gasteiger partial charge in [0.1, 0.15) is 0 Å². The Morgan fingerprint density at radius 2 is 1.58 bits per heavy atom. The predicted molar refractivity (Wildman–Crippen MR) is 75.1 cm³/mol. The lowest BCUT2D eigenvalue weighted by atomic mass is 10.0. The van der Waals surface area contributed by atoms with E-state index in [1.54, 1.807) is 12.1 Å². The molecule has 0 saturated carbocycles. The SMILES string of the molecule is CC(C)c1ccc(-n2c(=O)[nH]n(C(C)C)c2=O)cc1. The van der Waals surface area contributed by atoms with Gasteiger partial charge in [-0.1, -0.05) is 26.0 Å². The van der Waals surface area contributed by atoms with E-state index in [-0.39, 0.29) is 11.7 Å². The maximum Gasteiger partial charge on any atom is 0.351 e. The van der Waals surface area contributed by atoms with E-state index in [1.165, 1.54) is 10.2 Å². The van der Waals surface area contributed by atoms with Crippen LogP contribution in [-0.2, 0) is 0 Å². The number of benzene rings is 1. The number of nitrogens with one attached hydrogen (secondary N) is 1. The molecule has 1 aromatic carbocycles. The van der Waals surface area contributed by atoms with Gasteiger partial charge >= 0.3 is 11.4 Å². The topological polar surface area (TPSA) is 59.8 Å². The highest BCUT2D eigenvalue weighted by Crippen LogP contribution is 2.15. The molecule has 0 aliphatic rings. The predicted octanol–water partition coefficient (Wildman–Crippen LogP) is 2.03. The zero-order valence-electron chi connectivity index (χ0n) is 11.7. The molecule has 5 heteroatoms. The normalized spacial score (nSPS) is 11.5. The Bertz CT molecular complexity index is 672. The summed E-state index contributed by atoms with van der Waals surface area (Å²) in [6.07, 6.45) is 0. The Balaban J connectivity index is 2.54. The molecule has 1 aromatic heterocycles. The summed E-state index contributed by atoms with van der Waals surface area (Å²) in [4.78, 5) is 24.0. The van der Waals surface area contributed by atoms with Crippen molar-refractivity contribution in [3.8, 4) is 5.69 Å². The first-order valence-corrected chi connectivity index (χ1v) is 6.45. The molecule has 2 rings (SSSR count). The standard InChI is InChI=1S/C14H19N3O2/c1-9(2)11-5-7-12(8-6-11)16-13(18)15-17(10(3)4)14(16)19/h5-10H,1-4H3,(H,15,18). The molecule has 0 atom stereocenters. The number of hydrogen-bond acceptors (Lipinski definition) is 2. The second-order valence-electron chi connectivity index (χ2n) is 5.24. The second-order valence-corrected chi connectivity index (χ2v) is 5.24. The fraction of sp³-hybridized carbons (Fsp3) is 0.429. The number of aromatic nitrogens is 3. The van der Waals surface area contributed by atoms with Gasteiger partial charge in [-0.3, -0.25) is 0 Å². The Hall–Kier alpha value is -2.04. The van der Waals surface area contributed by atoms with E-state index in [0.717, 1.165) is 4.57 Å². The summed E-state index contributed by atoms with van der Waals surface area (Å²) in [5.41, 5.74) is 1.03. The van der Waals surface area contributed by atoms with Crippen LogP contribution in [0.5, 0.6) is 0 Å². The lowest BCUT2D eigenvalue weighted by Crippen LogP contribution is -2.28. The van der Waals surface area contributed by atoms with Crippen LogP contribution in [0.25, 0.3) is 5.69 Å². The zero-order valence-corrected chi connectivity index (χ0v) is 11.7. The highest BCUT2D eigenvalue weighted by atomic mass is 16.2. The molecule has 0 aliphatic heterocycles. The van der Waals surface area contributed by atoms with Crippen molar-refractivity contribution in [1.29, 1.82) is 0 Å². The molecule has 1 heterocycles. The van der Waals surface area contributed by atoms with Crippen LogP contribution in [0.3, 0.4) is 0 Å². The average Bonchev–Trinajstić information content (AvgIpc) is 2.65. The van der Waals surface area contributed by atoms with Crippen LogP contribution in [0, 0.1) is 0 Å². The first-order valence-electron chi connectivity index (χ1n) is 6.45. The van der Waals surface area contributed by atoms with Crippen LogP contribution >= 0.6 is 0 Å². The fourth-order valence-corrected chi connectivity index (χ4v) is 1.98. The molecule has 0 radical (unpaired) electrons. The van der Waals surface area contributed by atoms with E-state index < -0.39 is 5.69 Å². The summed E-state index contributed by atoms with van der Waals surface area (Å²) in [6.45, 7) is 7.90. The zero-order chi connectivity index (χ0) is 14.2. The molecule has 2 aromatic rings. The second kappa shape index (κ2) is 4.91. The van der Waals surface area contributed by atoms with E-state index in [1.807, 2.05) is 26.0 Å². The third-order valence-electron chi connectivity index (χ3n) is 3.15. The average molecular weight is 261 g/mol. The molecular weight excluding hydrogens is 242 g/mol. The smallest absolute Gasteiger partial charge is 0.246 e. The molecular formula is C14H19N3O2. The molecule has 19 heavy (non-hydrogen) atoms. The number of nitrogens with zero attached hydrogens (tertiary/aromatic N) is 2. The van der Waals surface area contributed by atoms with Crippen molar-refractivity contribution < 1.29 is 0 Å². The minimum atomic E-state index is -0.406. The first-order chi connectivity index (χ1) is 8.91. The number of H-pyrrole nitrogens is 1. The van der Waals surface area contributed by atoms with Gasteiger partial charge in [-0.05, 0) is 37.5 Å². The lowest BCUT2D eigenvalue weighted by molar-refractivity contribution is 0.509. The van der Waals surface area contributed by atoms with Gasteiger partial charge in [0.25, 0.3) is 0 Å². The Labute approximate surface area is 111 Å². The summed E-state index contributed by atoms with van der Waals surface area (Å²) in [7, 11) is 0. The van der Waals surface area contributed by atoms with Gasteiger partial charge in [-0.25, -0.2) is 23.9 Å². The first kappa shape index (κ1) is 13.4. The molecule has 0 spiro atoms. The Morgan fingerprint density at radius 3 is 2.00 bits per heavy atom. The summed E-state index contributed by atoms with van der Waals surface area (Å²) >= 11 is 0. The fourth-order valence-electron chi connectivity index (χ4n) is 1.98. The largest absolute Gasteiger partial charge is 0.351 e. The monoisotopic (exact) mass is 261 g/mol. The van der Waals surface area contributed by atoms with Gasteiger partial charge in [0.05, 0.1) is 5.69 Å². The maximum absolute atomic E-state index is 12.1. The molecule has 5 nitrogen and oxygen atoms in total. The van der Waals surface area contributed by atoms with Crippen molar-refractivity contribution in [3.63, 3.8) is 0 Å². The van der Waals surface area contributed by atoms with Crippen LogP contribution in [0.2, 0.25) is 0 Å². The van der Waals surface area contributed by atoms with Crippen molar-refractivity contribution in [2.75, 3.05) is 0 Å². The molecule has 0 unspecified atom stereocenters. The van der Waals surface area contributed by atoms with Crippen molar-refractivity contribution in [1.82, 2.24) is 14.3 Å². The summed E-state index contributed by atoms with van der Waals surface area (Å²) in [6, 6.07) is 7.42. The summed E-state index contributed by atoms with van der Waals surface area (Å²) < 4.78 is 2.49. The molecule has 0 bridgehead atoms. The van der Waals surface area contributed by atoms with Gasteiger partial charge in [0.2, 0.25) is 0 Å². The number of rotatable bonds is 3. The van der Waals surface area contributed by atoms with Crippen LogP contribution in [0.4, 0.5) is 0 Å². The van der Waals surface area contributed by atoms with Crippen LogP contribution < -0.4 is 11.4 Å². The van der Waals surface area contributed by atoms with Crippen molar-refractivity contribution in [2.45, 2.75) is 39.7 Å². The summed E-state index contributed by atoms with van der Waals surface area (Å²) in [5.74, 6) is 0.421. The van der Waals surface area contributed by atoms with Crippen molar-refractivity contribution in [2.24, 2.45) is 0 Å². The number of aromatic amines is 1. The van der Waals surface area contributed by atoms with Crippen LogP contribution in [-0.4, -0.2) is 14.3 Å². The third-order valence-corrected chi connectivity index (χ3v) is 3.15. The maximum atomic E-state index is 12.1. The van der Waals surface area contributed by atoms with Gasteiger partial charge in [0, 0.05) is 6.04 Å². The quantitative estimate of drug-likeness (QED) is 0.919. The van der Waals surface area contributed by atoms with Crippen LogP contribution in [0.15, 0.2) is 33.9 Å². The molecule has 0 fully saturated rings. The molecule has 102 valence electrons. The van der Waals surface area contributed by atoms with Crippen LogP contribution in [0.1, 0.15) is 45.2 Å². The van der Waals surface area contributed by atoms with E-state index in [2.05, 4.69) is 18.9 Å². The van der Waals surface area contributed by atoms with Gasteiger partial charge < -0.3 is 0 Å². The highest BCUT2D eigenvalue weighted by Gasteiger charge is 2.12. The van der Waals surface area contributed by atoms with Gasteiger partial charge in [0.15, 0.2) is 0 Å². The molecule has 1 N–H and O–H groups in total. The van der Waals surface area contributed by atoms with Crippen molar-refractivity contribution >= 4 is 0 Å². The Morgan fingerprint density at radius 1 is 1.00 bits per heavy atom. The van der Waals surface area contributed by atoms with E-state index in [4.69, 9.17) is 0 Å². The molecule has 0 saturated heterocycles.